The average molecular weight is 444 g/mol. The maximum Gasteiger partial charge on any atom is 0.251 e. The zero-order valence-corrected chi connectivity index (χ0v) is 19.0. The van der Waals surface area contributed by atoms with Gasteiger partial charge in [-0.05, 0) is 62.1 Å². The van der Waals surface area contributed by atoms with Crippen molar-refractivity contribution in [2.75, 3.05) is 13.6 Å². The molecule has 0 spiro atoms. The van der Waals surface area contributed by atoms with E-state index >= 15 is 0 Å². The lowest BCUT2D eigenvalue weighted by Crippen LogP contribution is -2.42. The van der Waals surface area contributed by atoms with Gasteiger partial charge in [-0.2, -0.15) is 4.31 Å². The number of sulfonamides is 1. The van der Waals surface area contributed by atoms with E-state index in [9.17, 15) is 18.0 Å². The van der Waals surface area contributed by atoms with E-state index in [2.05, 4.69) is 10.6 Å². The van der Waals surface area contributed by atoms with Crippen LogP contribution in [-0.4, -0.2) is 44.2 Å². The van der Waals surface area contributed by atoms with E-state index in [4.69, 9.17) is 0 Å². The van der Waals surface area contributed by atoms with Gasteiger partial charge in [-0.1, -0.05) is 24.6 Å². The second kappa shape index (κ2) is 9.62. The highest BCUT2D eigenvalue weighted by molar-refractivity contribution is 7.89. The van der Waals surface area contributed by atoms with Crippen molar-refractivity contribution in [2.24, 2.45) is 0 Å². The smallest absolute Gasteiger partial charge is 0.251 e. The molecular weight excluding hydrogens is 414 g/mol. The molecule has 2 aromatic rings. The first-order valence-electron chi connectivity index (χ1n) is 10.5. The molecule has 3 rings (SSSR count). The number of carbonyl (C=O) groups is 2. The van der Waals surface area contributed by atoms with E-state index < -0.39 is 10.0 Å². The molecule has 2 amide bonds. The van der Waals surface area contributed by atoms with Crippen molar-refractivity contribution < 1.29 is 18.0 Å². The zero-order chi connectivity index (χ0) is 22.6. The van der Waals surface area contributed by atoms with Crippen LogP contribution in [0.2, 0.25) is 0 Å². The number of amides is 2. The summed E-state index contributed by atoms with van der Waals surface area (Å²) < 4.78 is 27.8. The Bertz CT molecular complexity index is 1060. The normalized spacial score (nSPS) is 17.2. The molecule has 0 aliphatic carbocycles. The molecule has 0 radical (unpaired) electrons. The monoisotopic (exact) mass is 443 g/mol. The predicted molar refractivity (Wildman–Crippen MR) is 119 cm³/mol. The summed E-state index contributed by atoms with van der Waals surface area (Å²) in [7, 11) is -2.08. The molecule has 1 unspecified atom stereocenters. The van der Waals surface area contributed by atoms with Crippen LogP contribution < -0.4 is 10.6 Å². The number of aryl methyl sites for hydroxylation is 1. The van der Waals surface area contributed by atoms with Gasteiger partial charge in [0.25, 0.3) is 11.8 Å². The van der Waals surface area contributed by atoms with Crippen LogP contribution in [0.4, 0.5) is 0 Å². The summed E-state index contributed by atoms with van der Waals surface area (Å²) in [6.07, 6.45) is 2.72. The molecule has 1 saturated heterocycles. The summed E-state index contributed by atoms with van der Waals surface area (Å²) in [6.45, 7) is 4.48. The summed E-state index contributed by atoms with van der Waals surface area (Å²) in [5, 5.41) is 5.40. The summed E-state index contributed by atoms with van der Waals surface area (Å²) in [5.74, 6) is -0.510. The molecule has 2 aromatic carbocycles. The van der Waals surface area contributed by atoms with Crippen LogP contribution >= 0.6 is 0 Å². The van der Waals surface area contributed by atoms with E-state index in [1.807, 2.05) is 6.92 Å². The molecule has 1 aliphatic heterocycles. The minimum absolute atomic E-state index is 0.0462. The number of benzene rings is 2. The Morgan fingerprint density at radius 2 is 1.77 bits per heavy atom. The number of nitrogens with one attached hydrogen (secondary N) is 2. The Kier molecular flexibility index (Phi) is 7.12. The number of carbonyl (C=O) groups excluding carboxylic acids is 2. The first-order chi connectivity index (χ1) is 14.7. The van der Waals surface area contributed by atoms with E-state index in [0.29, 0.717) is 23.2 Å². The molecule has 1 aliphatic rings. The molecule has 31 heavy (non-hydrogen) atoms. The van der Waals surface area contributed by atoms with Gasteiger partial charge in [0, 0.05) is 37.3 Å². The molecule has 0 aromatic heterocycles. The van der Waals surface area contributed by atoms with Gasteiger partial charge in [0.2, 0.25) is 10.0 Å². The van der Waals surface area contributed by atoms with Gasteiger partial charge in [-0.3, -0.25) is 9.59 Å². The molecule has 0 bridgehead atoms. The predicted octanol–water partition coefficient (Wildman–Crippen LogP) is 2.85. The van der Waals surface area contributed by atoms with Gasteiger partial charge >= 0.3 is 0 Å². The third kappa shape index (κ3) is 5.14. The van der Waals surface area contributed by atoms with Crippen LogP contribution in [0, 0.1) is 6.92 Å². The second-order valence-electron chi connectivity index (χ2n) is 7.90. The molecule has 8 heteroatoms. The number of hydrogen-bond donors (Lipinski definition) is 2. The lowest BCUT2D eigenvalue weighted by Gasteiger charge is -2.32. The van der Waals surface area contributed by atoms with Crippen LogP contribution in [0.5, 0.6) is 0 Å². The highest BCUT2D eigenvalue weighted by Gasteiger charge is 2.31. The summed E-state index contributed by atoms with van der Waals surface area (Å²) >= 11 is 0. The summed E-state index contributed by atoms with van der Waals surface area (Å²) in [6, 6.07) is 11.6. The lowest BCUT2D eigenvalue weighted by atomic mass is 10.1. The molecule has 1 heterocycles. The van der Waals surface area contributed by atoms with Crippen molar-refractivity contribution in [3.63, 3.8) is 0 Å². The Labute approximate surface area is 183 Å². The highest BCUT2D eigenvalue weighted by Crippen LogP contribution is 2.26. The van der Waals surface area contributed by atoms with Gasteiger partial charge in [0.05, 0.1) is 4.90 Å². The molecule has 1 fully saturated rings. The minimum Gasteiger partial charge on any atom is -0.355 e. The van der Waals surface area contributed by atoms with Crippen LogP contribution in [0.1, 0.15) is 58.0 Å². The maximum atomic E-state index is 13.1. The average Bonchev–Trinajstić information content (AvgIpc) is 2.77. The molecule has 166 valence electrons. The summed E-state index contributed by atoms with van der Waals surface area (Å²) in [5.41, 5.74) is 2.42. The second-order valence-corrected chi connectivity index (χ2v) is 9.79. The van der Waals surface area contributed by atoms with Gasteiger partial charge < -0.3 is 10.6 Å². The van der Waals surface area contributed by atoms with Crippen molar-refractivity contribution in [3.8, 4) is 0 Å². The topological polar surface area (TPSA) is 95.6 Å². The van der Waals surface area contributed by atoms with Gasteiger partial charge in [0.1, 0.15) is 0 Å². The van der Waals surface area contributed by atoms with Crippen LogP contribution in [0.25, 0.3) is 0 Å². The van der Waals surface area contributed by atoms with E-state index in [1.54, 1.807) is 50.4 Å². The molecule has 2 N–H and O–H groups in total. The highest BCUT2D eigenvalue weighted by atomic mass is 32.2. The van der Waals surface area contributed by atoms with Crippen molar-refractivity contribution in [1.82, 2.24) is 14.9 Å². The third-order valence-electron chi connectivity index (χ3n) is 5.70. The van der Waals surface area contributed by atoms with Gasteiger partial charge in [-0.25, -0.2) is 8.42 Å². The minimum atomic E-state index is -3.65. The fraction of sp³-hybridized carbons (Fsp3) is 0.391. The van der Waals surface area contributed by atoms with Crippen LogP contribution in [-0.2, 0) is 16.6 Å². The van der Waals surface area contributed by atoms with Crippen molar-refractivity contribution in [2.45, 2.75) is 50.6 Å². The van der Waals surface area contributed by atoms with Crippen molar-refractivity contribution in [3.05, 3.63) is 64.7 Å². The largest absolute Gasteiger partial charge is 0.355 e. The molecular formula is C23H29N3O4S. The third-order valence-corrected chi connectivity index (χ3v) is 7.71. The van der Waals surface area contributed by atoms with E-state index in [1.165, 1.54) is 10.4 Å². The Morgan fingerprint density at radius 3 is 2.42 bits per heavy atom. The first-order valence-corrected chi connectivity index (χ1v) is 11.9. The van der Waals surface area contributed by atoms with Gasteiger partial charge in [0.15, 0.2) is 0 Å². The number of hydrogen-bond acceptors (Lipinski definition) is 4. The molecule has 0 saturated carbocycles. The zero-order valence-electron chi connectivity index (χ0n) is 18.1. The fourth-order valence-electron chi connectivity index (χ4n) is 3.77. The molecule has 7 nitrogen and oxygen atoms in total. The Hall–Kier alpha value is -2.71. The Morgan fingerprint density at radius 1 is 1.06 bits per heavy atom. The van der Waals surface area contributed by atoms with E-state index in [-0.39, 0.29) is 29.3 Å². The Balaban J connectivity index is 1.75. The van der Waals surface area contributed by atoms with E-state index in [0.717, 1.165) is 24.8 Å². The number of piperidine rings is 1. The fourth-order valence-corrected chi connectivity index (χ4v) is 5.49. The summed E-state index contributed by atoms with van der Waals surface area (Å²) in [4.78, 5) is 24.6. The lowest BCUT2D eigenvalue weighted by molar-refractivity contribution is 0.0945. The van der Waals surface area contributed by atoms with Crippen molar-refractivity contribution in [1.29, 1.82) is 0 Å². The SMILES string of the molecule is CNC(=O)c1ccc(CNC(=O)c2cc(S(=O)(=O)N3CCCCC3C)ccc2C)cc1. The standard InChI is InChI=1S/C23H29N3O4S/c1-16-7-12-20(31(29,30)26-13-5-4-6-17(26)2)14-21(16)23(28)25-15-18-8-10-19(11-9-18)22(27)24-3/h7-12,14,17H,4-6,13,15H2,1-3H3,(H,24,27)(H,25,28). The maximum absolute atomic E-state index is 13.1. The molecule has 1 atom stereocenters. The van der Waals surface area contributed by atoms with Crippen molar-refractivity contribution >= 4 is 21.8 Å². The van der Waals surface area contributed by atoms with Crippen LogP contribution in [0.15, 0.2) is 47.4 Å². The number of rotatable bonds is 6. The quantitative estimate of drug-likeness (QED) is 0.718. The van der Waals surface area contributed by atoms with Crippen LogP contribution in [0.3, 0.4) is 0 Å². The first kappa shape index (κ1) is 23.0. The number of nitrogens with zero attached hydrogens (tertiary/aromatic N) is 1. The van der Waals surface area contributed by atoms with Gasteiger partial charge in [-0.15, -0.1) is 0 Å².